The zero-order valence-corrected chi connectivity index (χ0v) is 13.5. The van der Waals surface area contributed by atoms with Crippen LogP contribution in [0.15, 0.2) is 53.5 Å². The molecule has 1 unspecified atom stereocenters. The summed E-state index contributed by atoms with van der Waals surface area (Å²) >= 11 is 0. The van der Waals surface area contributed by atoms with E-state index in [0.717, 1.165) is 5.56 Å². The molecule has 0 aliphatic carbocycles. The number of hydrogen-bond acceptors (Lipinski definition) is 4. The van der Waals surface area contributed by atoms with Crippen molar-refractivity contribution in [2.24, 2.45) is 10.9 Å². The fourth-order valence-corrected chi connectivity index (χ4v) is 2.17. The van der Waals surface area contributed by atoms with Gasteiger partial charge in [-0.05, 0) is 43.7 Å². The predicted molar refractivity (Wildman–Crippen MR) is 90.2 cm³/mol. The summed E-state index contributed by atoms with van der Waals surface area (Å²) in [6.07, 6.45) is 1.25. The van der Waals surface area contributed by atoms with E-state index in [9.17, 15) is 14.0 Å². The molecule has 0 aromatic heterocycles. The van der Waals surface area contributed by atoms with Crippen LogP contribution in [0.4, 0.5) is 10.1 Å². The lowest BCUT2D eigenvalue weighted by molar-refractivity contribution is -0.143. The number of nitrogens with zero attached hydrogens (tertiary/aromatic N) is 1. The van der Waals surface area contributed by atoms with E-state index in [0.29, 0.717) is 11.3 Å². The molecule has 0 spiro atoms. The van der Waals surface area contributed by atoms with E-state index in [1.807, 2.05) is 6.07 Å². The molecule has 0 aliphatic heterocycles. The van der Waals surface area contributed by atoms with Crippen LogP contribution in [0.25, 0.3) is 0 Å². The van der Waals surface area contributed by atoms with E-state index in [2.05, 4.69) is 4.99 Å². The summed E-state index contributed by atoms with van der Waals surface area (Å²) in [4.78, 5) is 29.0. The predicted octanol–water partition coefficient (Wildman–Crippen LogP) is 3.90. The molecule has 0 saturated carbocycles. The Balaban J connectivity index is 2.31. The molecule has 0 N–H and O–H groups in total. The third-order valence-corrected chi connectivity index (χ3v) is 3.43. The molecule has 0 heterocycles. The highest BCUT2D eigenvalue weighted by atomic mass is 19.1. The number of hydrogen-bond donors (Lipinski definition) is 0. The van der Waals surface area contributed by atoms with Gasteiger partial charge in [0.1, 0.15) is 5.82 Å². The molecule has 0 amide bonds. The Morgan fingerprint density at radius 3 is 2.46 bits per heavy atom. The van der Waals surface area contributed by atoms with Gasteiger partial charge in [0.25, 0.3) is 0 Å². The van der Waals surface area contributed by atoms with Gasteiger partial charge in [0.15, 0.2) is 11.7 Å². The molecule has 0 aliphatic rings. The second-order valence-corrected chi connectivity index (χ2v) is 5.16. The van der Waals surface area contributed by atoms with Crippen LogP contribution < -0.4 is 0 Å². The minimum absolute atomic E-state index is 0.167. The third-order valence-electron chi connectivity index (χ3n) is 3.43. The summed E-state index contributed by atoms with van der Waals surface area (Å²) in [7, 11) is 0. The maximum Gasteiger partial charge on any atom is 0.322 e. The highest BCUT2D eigenvalue weighted by Crippen LogP contribution is 2.17. The van der Waals surface area contributed by atoms with Gasteiger partial charge in [-0.1, -0.05) is 24.3 Å². The number of carbonyl (C=O) groups is 2. The number of halogens is 1. The summed E-state index contributed by atoms with van der Waals surface area (Å²) in [5, 5.41) is 0. The number of ether oxygens (including phenoxy) is 1. The number of aliphatic imine (C=N–C) groups is 1. The monoisotopic (exact) mass is 327 g/mol. The lowest BCUT2D eigenvalue weighted by Crippen LogP contribution is -2.28. The Morgan fingerprint density at radius 2 is 1.83 bits per heavy atom. The zero-order valence-electron chi connectivity index (χ0n) is 13.5. The van der Waals surface area contributed by atoms with Gasteiger partial charge in [0.2, 0.25) is 0 Å². The highest BCUT2D eigenvalue weighted by Gasteiger charge is 2.28. The second-order valence-electron chi connectivity index (χ2n) is 5.16. The molecular weight excluding hydrogens is 309 g/mol. The first-order valence-corrected chi connectivity index (χ1v) is 7.59. The number of ketones is 1. The first kappa shape index (κ1) is 17.5. The summed E-state index contributed by atoms with van der Waals surface area (Å²) < 4.78 is 17.9. The van der Waals surface area contributed by atoms with Gasteiger partial charge in [-0.15, -0.1) is 0 Å². The van der Waals surface area contributed by atoms with Gasteiger partial charge in [-0.3, -0.25) is 14.6 Å². The number of rotatable bonds is 6. The average molecular weight is 327 g/mol. The normalized spacial score (nSPS) is 12.1. The van der Waals surface area contributed by atoms with Crippen LogP contribution in [0.1, 0.15) is 22.8 Å². The van der Waals surface area contributed by atoms with E-state index in [1.165, 1.54) is 30.5 Å². The van der Waals surface area contributed by atoms with Gasteiger partial charge in [-0.2, -0.15) is 0 Å². The minimum Gasteiger partial charge on any atom is -0.465 e. The van der Waals surface area contributed by atoms with Crippen molar-refractivity contribution >= 4 is 23.7 Å². The molecule has 0 saturated heterocycles. The second kappa shape index (κ2) is 8.15. The fourth-order valence-electron chi connectivity index (χ4n) is 2.17. The molecule has 4 nitrogen and oxygen atoms in total. The molecule has 0 radical (unpaired) electrons. The molecule has 2 aromatic rings. The van der Waals surface area contributed by atoms with Gasteiger partial charge in [0, 0.05) is 11.8 Å². The zero-order chi connectivity index (χ0) is 17.5. The van der Waals surface area contributed by atoms with Crippen molar-refractivity contribution in [2.45, 2.75) is 13.8 Å². The van der Waals surface area contributed by atoms with Crippen LogP contribution in [0.5, 0.6) is 0 Å². The Kier molecular flexibility index (Phi) is 5.95. The van der Waals surface area contributed by atoms with Gasteiger partial charge >= 0.3 is 5.97 Å². The van der Waals surface area contributed by atoms with E-state index >= 15 is 0 Å². The van der Waals surface area contributed by atoms with Crippen LogP contribution >= 0.6 is 0 Å². The Labute approximate surface area is 140 Å². The van der Waals surface area contributed by atoms with Crippen molar-refractivity contribution in [3.63, 3.8) is 0 Å². The summed E-state index contributed by atoms with van der Waals surface area (Å²) in [6, 6.07) is 12.5. The third kappa shape index (κ3) is 4.35. The van der Waals surface area contributed by atoms with Crippen molar-refractivity contribution in [1.82, 2.24) is 0 Å². The number of carbonyl (C=O) groups excluding carboxylic acids is 2. The first-order valence-electron chi connectivity index (χ1n) is 7.59. The van der Waals surface area contributed by atoms with Crippen LogP contribution in [-0.2, 0) is 9.53 Å². The first-order chi connectivity index (χ1) is 11.5. The smallest absolute Gasteiger partial charge is 0.322 e. The number of Topliss-reactive ketones (excluding diaryl/α,β-unsaturated/α-hetero) is 1. The maximum absolute atomic E-state index is 12.9. The summed E-state index contributed by atoms with van der Waals surface area (Å²) in [6.45, 7) is 3.64. The van der Waals surface area contributed by atoms with Crippen molar-refractivity contribution in [3.05, 3.63) is 65.5 Å². The largest absolute Gasteiger partial charge is 0.465 e. The molecule has 2 aromatic carbocycles. The molecule has 0 fully saturated rings. The van der Waals surface area contributed by atoms with Crippen LogP contribution in [0.3, 0.4) is 0 Å². The lowest BCUT2D eigenvalue weighted by Gasteiger charge is -2.12. The molecule has 2 rings (SSSR count). The molecule has 0 bridgehead atoms. The quantitative estimate of drug-likeness (QED) is 0.350. The fraction of sp³-hybridized carbons (Fsp3) is 0.211. The van der Waals surface area contributed by atoms with Crippen molar-refractivity contribution in [2.75, 3.05) is 6.61 Å². The average Bonchev–Trinajstić information content (AvgIpc) is 2.57. The van der Waals surface area contributed by atoms with Crippen molar-refractivity contribution in [3.8, 4) is 0 Å². The Morgan fingerprint density at radius 1 is 1.17 bits per heavy atom. The van der Waals surface area contributed by atoms with Gasteiger partial charge in [-0.25, -0.2) is 4.39 Å². The molecule has 1 atom stereocenters. The highest BCUT2D eigenvalue weighted by molar-refractivity contribution is 6.19. The van der Waals surface area contributed by atoms with Gasteiger partial charge < -0.3 is 4.74 Å². The number of esters is 1. The van der Waals surface area contributed by atoms with Crippen LogP contribution in [0, 0.1) is 18.7 Å². The molecule has 24 heavy (non-hydrogen) atoms. The van der Waals surface area contributed by atoms with Crippen molar-refractivity contribution in [1.29, 1.82) is 0 Å². The standard InChI is InChI=1S/C19H18FNO3/c1-3-24-19(23)17(12-21-15-10-8-14(20)9-11-15)18(22)16-7-5-4-6-13(16)2/h4-12,17H,3H2,1-2H3. The maximum atomic E-state index is 12.9. The van der Waals surface area contributed by atoms with E-state index < -0.39 is 11.9 Å². The number of benzene rings is 2. The van der Waals surface area contributed by atoms with Gasteiger partial charge in [0.05, 0.1) is 12.3 Å². The summed E-state index contributed by atoms with van der Waals surface area (Å²) in [5.41, 5.74) is 1.66. The SMILES string of the molecule is CCOC(=O)C(C=Nc1ccc(F)cc1)C(=O)c1ccccc1C. The lowest BCUT2D eigenvalue weighted by atomic mass is 9.95. The summed E-state index contributed by atoms with van der Waals surface area (Å²) in [5.74, 6) is -2.56. The van der Waals surface area contributed by atoms with E-state index in [4.69, 9.17) is 4.74 Å². The molecule has 124 valence electrons. The number of aryl methyl sites for hydroxylation is 1. The Hall–Kier alpha value is -2.82. The van der Waals surface area contributed by atoms with Crippen LogP contribution in [-0.4, -0.2) is 24.6 Å². The topological polar surface area (TPSA) is 55.7 Å². The Bertz CT molecular complexity index is 753. The van der Waals surface area contributed by atoms with E-state index in [1.54, 1.807) is 32.0 Å². The van der Waals surface area contributed by atoms with Crippen molar-refractivity contribution < 1.29 is 18.7 Å². The molecular formula is C19H18FNO3. The van der Waals surface area contributed by atoms with Crippen LogP contribution in [0.2, 0.25) is 0 Å². The minimum atomic E-state index is -1.14. The molecule has 5 heteroatoms. The van der Waals surface area contributed by atoms with E-state index in [-0.39, 0.29) is 18.2 Å².